The number of likely N-dealkylation sites (tertiary alicyclic amines) is 2. The van der Waals surface area contributed by atoms with Crippen molar-refractivity contribution in [3.63, 3.8) is 0 Å². The molecule has 10 nitrogen and oxygen atoms in total. The summed E-state index contributed by atoms with van der Waals surface area (Å²) in [4.78, 5) is 35.9. The van der Waals surface area contributed by atoms with E-state index < -0.39 is 0 Å². The third-order valence-electron chi connectivity index (χ3n) is 11.5. The number of fused-ring (bicyclic) bond motifs is 4. The van der Waals surface area contributed by atoms with Gasteiger partial charge in [-0.15, -0.1) is 0 Å². The number of hydrogen-bond donors (Lipinski definition) is 2. The number of nitrogens with zero attached hydrogens (tertiary/aromatic N) is 5. The summed E-state index contributed by atoms with van der Waals surface area (Å²) in [6.45, 7) is 3.73. The lowest BCUT2D eigenvalue weighted by atomic mass is 9.90. The van der Waals surface area contributed by atoms with Crippen molar-refractivity contribution in [1.29, 1.82) is 0 Å². The number of hydrogen-bond acceptors (Lipinski definition) is 6. The van der Waals surface area contributed by atoms with Crippen LogP contribution in [-0.2, 0) is 18.4 Å². The van der Waals surface area contributed by atoms with E-state index in [1.54, 1.807) is 7.11 Å². The molecule has 2 saturated carbocycles. The number of rotatable bonds is 9. The summed E-state index contributed by atoms with van der Waals surface area (Å²) in [5, 5.41) is 4.21. The van der Waals surface area contributed by atoms with Crippen LogP contribution in [0.3, 0.4) is 0 Å². The Morgan fingerprint density at radius 2 is 1.78 bits per heavy atom. The zero-order chi connectivity index (χ0) is 33.4. The fourth-order valence-corrected chi connectivity index (χ4v) is 8.70. The van der Waals surface area contributed by atoms with E-state index in [9.17, 15) is 9.59 Å². The number of para-hydroxylation sites is 2. The molecule has 2 saturated heterocycles. The zero-order valence-electron chi connectivity index (χ0n) is 28.1. The second-order valence-corrected chi connectivity index (χ2v) is 14.7. The summed E-state index contributed by atoms with van der Waals surface area (Å²) in [6, 6.07) is 22.5. The average Bonchev–Trinajstić information content (AvgIpc) is 3.48. The molecular formula is C39H43N7O3. The number of nitrogens with two attached hydrogens (primary N) is 1. The van der Waals surface area contributed by atoms with E-state index in [4.69, 9.17) is 15.5 Å². The monoisotopic (exact) mass is 657 g/mol. The zero-order valence-corrected chi connectivity index (χ0v) is 28.1. The van der Waals surface area contributed by atoms with Crippen LogP contribution in [0.2, 0.25) is 0 Å². The summed E-state index contributed by atoms with van der Waals surface area (Å²) in [5.41, 5.74) is 13.2. The van der Waals surface area contributed by atoms with Crippen molar-refractivity contribution in [2.45, 2.75) is 50.2 Å². The number of imidazole rings is 1. The second kappa shape index (κ2) is 11.7. The molecule has 9 rings (SSSR count). The van der Waals surface area contributed by atoms with Crippen LogP contribution in [0.4, 0.5) is 5.69 Å². The van der Waals surface area contributed by atoms with E-state index in [0.29, 0.717) is 35.6 Å². The maximum atomic E-state index is 13.8. The Kier molecular flexibility index (Phi) is 7.28. The fraction of sp³-hybridized carbons (Fsp3) is 0.410. The molecule has 10 heteroatoms. The second-order valence-electron chi connectivity index (χ2n) is 14.7. The highest BCUT2D eigenvalue weighted by Crippen LogP contribution is 2.42. The lowest BCUT2D eigenvalue weighted by molar-refractivity contribution is -0.118. The van der Waals surface area contributed by atoms with Crippen LogP contribution in [0.15, 0.2) is 66.7 Å². The van der Waals surface area contributed by atoms with Gasteiger partial charge in [0, 0.05) is 67.9 Å². The Bertz CT molecular complexity index is 2090. The number of anilines is 1. The number of benzene rings is 3. The van der Waals surface area contributed by atoms with E-state index in [0.717, 1.165) is 67.3 Å². The predicted molar refractivity (Wildman–Crippen MR) is 191 cm³/mol. The molecule has 3 aromatic carbocycles. The number of piperidine rings is 1. The molecule has 2 amide bonds. The quantitative estimate of drug-likeness (QED) is 0.225. The SMILES string of the molecule is COc1cc(C(=O)N2C[C@H]3CC[C@@H]2[C@@H]3N)cc2nc(-c3cc4cccc(C5CN(CC(=O)Nc6ccccc6)C5)c4n3CC3CC3)n(C)c12. The van der Waals surface area contributed by atoms with Gasteiger partial charge in [-0.3, -0.25) is 14.5 Å². The van der Waals surface area contributed by atoms with E-state index in [1.165, 1.54) is 29.3 Å². The van der Waals surface area contributed by atoms with E-state index in [2.05, 4.69) is 43.6 Å². The Labute approximate surface area is 285 Å². The summed E-state index contributed by atoms with van der Waals surface area (Å²) in [7, 11) is 3.70. The molecule has 252 valence electrons. The molecule has 2 aliphatic carbocycles. The predicted octanol–water partition coefficient (Wildman–Crippen LogP) is 5.21. The lowest BCUT2D eigenvalue weighted by Crippen LogP contribution is -2.48. The van der Waals surface area contributed by atoms with Gasteiger partial charge < -0.3 is 29.8 Å². The van der Waals surface area contributed by atoms with Gasteiger partial charge in [-0.2, -0.15) is 0 Å². The molecule has 4 fully saturated rings. The van der Waals surface area contributed by atoms with Crippen molar-refractivity contribution >= 4 is 39.4 Å². The van der Waals surface area contributed by atoms with Gasteiger partial charge in [-0.25, -0.2) is 4.98 Å². The van der Waals surface area contributed by atoms with Crippen LogP contribution in [-0.4, -0.2) is 81.1 Å². The smallest absolute Gasteiger partial charge is 0.254 e. The first-order valence-corrected chi connectivity index (χ1v) is 17.7. The van der Waals surface area contributed by atoms with E-state index >= 15 is 0 Å². The molecule has 49 heavy (non-hydrogen) atoms. The highest BCUT2D eigenvalue weighted by molar-refractivity contribution is 6.01. The van der Waals surface area contributed by atoms with Gasteiger partial charge in [0.2, 0.25) is 5.91 Å². The van der Waals surface area contributed by atoms with Crippen molar-refractivity contribution in [3.8, 4) is 17.3 Å². The fourth-order valence-electron chi connectivity index (χ4n) is 8.70. The van der Waals surface area contributed by atoms with Gasteiger partial charge in [0.1, 0.15) is 11.3 Å². The Hall–Kier alpha value is -4.67. The topological polar surface area (TPSA) is 111 Å². The summed E-state index contributed by atoms with van der Waals surface area (Å²) < 4.78 is 10.5. The number of carbonyl (C=O) groups is 2. The third kappa shape index (κ3) is 5.20. The van der Waals surface area contributed by atoms with E-state index in [1.807, 2.05) is 54.4 Å². The molecule has 2 aliphatic heterocycles. The normalized spacial score (nSPS) is 22.3. The van der Waals surface area contributed by atoms with Crippen LogP contribution >= 0.6 is 0 Å². The first-order valence-electron chi connectivity index (χ1n) is 17.7. The molecule has 0 unspecified atom stereocenters. The van der Waals surface area contributed by atoms with Gasteiger partial charge in [-0.1, -0.05) is 36.4 Å². The number of nitrogens with one attached hydrogen (secondary N) is 1. The number of aromatic nitrogens is 3. The Balaban J connectivity index is 1.04. The maximum absolute atomic E-state index is 13.8. The Morgan fingerprint density at radius 1 is 0.959 bits per heavy atom. The van der Waals surface area contributed by atoms with Crippen LogP contribution in [0.1, 0.15) is 47.5 Å². The molecule has 4 aliphatic rings. The first-order chi connectivity index (χ1) is 23.9. The summed E-state index contributed by atoms with van der Waals surface area (Å²) in [5.74, 6) is 2.91. The van der Waals surface area contributed by atoms with Gasteiger partial charge in [0.25, 0.3) is 5.91 Å². The lowest BCUT2D eigenvalue weighted by Gasteiger charge is -2.39. The molecule has 5 aromatic rings. The van der Waals surface area contributed by atoms with Crippen LogP contribution in [0, 0.1) is 11.8 Å². The van der Waals surface area contributed by atoms with Crippen LogP contribution in [0.25, 0.3) is 33.5 Å². The van der Waals surface area contributed by atoms with Crippen molar-refractivity contribution in [2.24, 2.45) is 24.6 Å². The molecule has 2 bridgehead atoms. The maximum Gasteiger partial charge on any atom is 0.254 e. The van der Waals surface area contributed by atoms with Crippen molar-refractivity contribution < 1.29 is 14.3 Å². The third-order valence-corrected chi connectivity index (χ3v) is 11.5. The minimum atomic E-state index is 0.00892. The van der Waals surface area contributed by atoms with E-state index in [-0.39, 0.29) is 23.9 Å². The number of aryl methyl sites for hydroxylation is 1. The van der Waals surface area contributed by atoms with Gasteiger partial charge >= 0.3 is 0 Å². The minimum Gasteiger partial charge on any atom is -0.494 e. The van der Waals surface area contributed by atoms with Gasteiger partial charge in [-0.05, 0) is 73.4 Å². The molecule has 3 N–H and O–H groups in total. The summed E-state index contributed by atoms with van der Waals surface area (Å²) >= 11 is 0. The molecule has 0 radical (unpaired) electrons. The average molecular weight is 658 g/mol. The highest BCUT2D eigenvalue weighted by atomic mass is 16.5. The standard InChI is InChI=1S/C39H43N7O3/c1-43-37-30(15-26(17-33(37)49-2)39(48)46-21-25-13-14-31(46)35(25)40)42-38(43)32-16-24-7-6-10-29(36(24)45(32)18-23-11-12-23)27-19-44(20-27)22-34(47)41-28-8-4-3-5-9-28/h3-10,15-17,23,25,27,31,35H,11-14,18-22,40H2,1-2H3,(H,41,47)/t25-,31-,35-/m1/s1. The van der Waals surface area contributed by atoms with Gasteiger partial charge in [0.15, 0.2) is 5.82 Å². The summed E-state index contributed by atoms with van der Waals surface area (Å²) in [6.07, 6.45) is 4.54. The number of methoxy groups -OCH3 is 1. The van der Waals surface area contributed by atoms with Crippen molar-refractivity contribution in [3.05, 3.63) is 77.9 Å². The van der Waals surface area contributed by atoms with Crippen molar-refractivity contribution in [2.75, 3.05) is 38.6 Å². The highest BCUT2D eigenvalue weighted by Gasteiger charge is 2.47. The molecule has 4 heterocycles. The van der Waals surface area contributed by atoms with Gasteiger partial charge in [0.05, 0.1) is 30.4 Å². The molecule has 0 spiro atoms. The van der Waals surface area contributed by atoms with Crippen LogP contribution < -0.4 is 15.8 Å². The Morgan fingerprint density at radius 3 is 2.49 bits per heavy atom. The number of ether oxygens (including phenoxy) is 1. The van der Waals surface area contributed by atoms with Crippen LogP contribution in [0.5, 0.6) is 5.75 Å². The largest absolute Gasteiger partial charge is 0.494 e. The molecular weight excluding hydrogens is 614 g/mol. The molecule has 2 aromatic heterocycles. The number of carbonyl (C=O) groups excluding carboxylic acids is 2. The number of amides is 2. The van der Waals surface area contributed by atoms with Crippen molar-refractivity contribution in [1.82, 2.24) is 23.9 Å². The first kappa shape index (κ1) is 30.4. The molecule has 3 atom stereocenters. The minimum absolute atomic E-state index is 0.00892.